The Balaban J connectivity index is 5.13. The highest BCUT2D eigenvalue weighted by molar-refractivity contribution is 5.95. The second-order valence-electron chi connectivity index (χ2n) is 7.43. The predicted octanol–water partition coefficient (Wildman–Crippen LogP) is -3.49. The zero-order chi connectivity index (χ0) is 24.1. The van der Waals surface area contributed by atoms with Crippen molar-refractivity contribution in [3.63, 3.8) is 0 Å². The number of nitrogens with one attached hydrogen (secondary N) is 3. The van der Waals surface area contributed by atoms with Gasteiger partial charge in [-0.3, -0.25) is 19.2 Å². The van der Waals surface area contributed by atoms with E-state index in [2.05, 4.69) is 16.0 Å². The highest BCUT2D eigenvalue weighted by atomic mass is 16.4. The van der Waals surface area contributed by atoms with Gasteiger partial charge in [0.05, 0.1) is 19.1 Å². The van der Waals surface area contributed by atoms with E-state index >= 15 is 0 Å². The molecule has 178 valence electrons. The van der Waals surface area contributed by atoms with Gasteiger partial charge < -0.3 is 43.4 Å². The van der Waals surface area contributed by atoms with Gasteiger partial charge in [-0.05, 0) is 31.7 Å². The van der Waals surface area contributed by atoms with Gasteiger partial charge in [0.25, 0.3) is 0 Å². The Bertz CT molecular complexity index is 643. The number of carboxylic acid groups (broad SMARTS) is 1. The molecule has 0 aromatic heterocycles. The average molecular weight is 447 g/mol. The van der Waals surface area contributed by atoms with Crippen molar-refractivity contribution in [3.05, 3.63) is 0 Å². The summed E-state index contributed by atoms with van der Waals surface area (Å²) in [6, 6.07) is -5.04. The van der Waals surface area contributed by atoms with Crippen LogP contribution in [0, 0.1) is 5.92 Å². The third-order valence-corrected chi connectivity index (χ3v) is 4.38. The monoisotopic (exact) mass is 446 g/mol. The zero-order valence-electron chi connectivity index (χ0n) is 17.8. The van der Waals surface area contributed by atoms with Gasteiger partial charge in [-0.2, -0.15) is 0 Å². The van der Waals surface area contributed by atoms with Crippen molar-refractivity contribution >= 4 is 29.6 Å². The van der Waals surface area contributed by atoms with Crippen molar-refractivity contribution in [2.45, 2.75) is 63.7 Å². The first-order valence-electron chi connectivity index (χ1n) is 9.93. The molecule has 0 aromatic rings. The molecule has 4 atom stereocenters. The molecule has 0 rings (SSSR count). The molecular weight excluding hydrogens is 412 g/mol. The molecule has 0 spiro atoms. The standard InChI is InChI=1S/C18H34N6O7/c1-9(2)14(17(29)22-11(18(30)31)5-3-4-6-19)24-16(28)12(8-25)23-15(27)10(20)7-13(21)26/h9-12,14,25H,3-8,19-20H2,1-2H3,(H2,21,26)(H,22,29)(H,23,27)(H,24,28)(H,30,31). The fourth-order valence-electron chi connectivity index (χ4n) is 2.58. The molecule has 0 aliphatic heterocycles. The molecule has 13 heteroatoms. The number of aliphatic hydroxyl groups is 1. The number of nitrogens with two attached hydrogens (primary N) is 3. The van der Waals surface area contributed by atoms with Crippen molar-refractivity contribution in [1.29, 1.82) is 0 Å². The number of primary amides is 1. The number of carboxylic acids is 1. The van der Waals surface area contributed by atoms with E-state index < -0.39 is 72.7 Å². The van der Waals surface area contributed by atoms with E-state index in [9.17, 15) is 34.2 Å². The highest BCUT2D eigenvalue weighted by Crippen LogP contribution is 2.06. The lowest BCUT2D eigenvalue weighted by atomic mass is 10.0. The van der Waals surface area contributed by atoms with Crippen molar-refractivity contribution < 1.29 is 34.2 Å². The van der Waals surface area contributed by atoms with Crippen molar-refractivity contribution in [3.8, 4) is 0 Å². The first-order valence-corrected chi connectivity index (χ1v) is 9.93. The van der Waals surface area contributed by atoms with Crippen LogP contribution in [-0.4, -0.2) is 77.1 Å². The van der Waals surface area contributed by atoms with Gasteiger partial charge in [0.15, 0.2) is 0 Å². The lowest BCUT2D eigenvalue weighted by Gasteiger charge is -2.26. The van der Waals surface area contributed by atoms with Crippen LogP contribution in [0.2, 0.25) is 0 Å². The summed E-state index contributed by atoms with van der Waals surface area (Å²) in [7, 11) is 0. The highest BCUT2D eigenvalue weighted by Gasteiger charge is 2.31. The van der Waals surface area contributed by atoms with Crippen LogP contribution in [0.15, 0.2) is 0 Å². The summed E-state index contributed by atoms with van der Waals surface area (Å²) in [6.07, 6.45) is 0.809. The van der Waals surface area contributed by atoms with Crippen LogP contribution in [0.4, 0.5) is 0 Å². The lowest BCUT2D eigenvalue weighted by Crippen LogP contribution is -2.59. The van der Waals surface area contributed by atoms with Crippen LogP contribution < -0.4 is 33.2 Å². The lowest BCUT2D eigenvalue weighted by molar-refractivity contribution is -0.143. The largest absolute Gasteiger partial charge is 0.480 e. The van der Waals surface area contributed by atoms with Gasteiger partial charge in [0.2, 0.25) is 23.6 Å². The second kappa shape index (κ2) is 14.3. The molecule has 0 radical (unpaired) electrons. The van der Waals surface area contributed by atoms with E-state index in [0.717, 1.165) is 0 Å². The number of hydrogen-bond donors (Lipinski definition) is 8. The number of carbonyl (C=O) groups is 5. The Kier molecular flexibility index (Phi) is 13.0. The first-order chi connectivity index (χ1) is 14.4. The molecule has 0 saturated carbocycles. The fraction of sp³-hybridized carbons (Fsp3) is 0.722. The molecule has 0 aromatic carbocycles. The summed E-state index contributed by atoms with van der Waals surface area (Å²) < 4.78 is 0. The maximum atomic E-state index is 12.6. The SMILES string of the molecule is CC(C)C(NC(=O)C(CO)NC(=O)C(N)CC(N)=O)C(=O)NC(CCCCN)C(=O)O. The Morgan fingerprint density at radius 3 is 1.94 bits per heavy atom. The minimum atomic E-state index is -1.44. The van der Waals surface area contributed by atoms with Gasteiger partial charge in [0.1, 0.15) is 18.1 Å². The van der Waals surface area contributed by atoms with Gasteiger partial charge in [-0.15, -0.1) is 0 Å². The predicted molar refractivity (Wildman–Crippen MR) is 110 cm³/mol. The molecule has 31 heavy (non-hydrogen) atoms. The van der Waals surface area contributed by atoms with Crippen molar-refractivity contribution in [1.82, 2.24) is 16.0 Å². The van der Waals surface area contributed by atoms with Crippen LogP contribution in [-0.2, 0) is 24.0 Å². The van der Waals surface area contributed by atoms with Crippen LogP contribution in [0.25, 0.3) is 0 Å². The van der Waals surface area contributed by atoms with Gasteiger partial charge >= 0.3 is 5.97 Å². The maximum Gasteiger partial charge on any atom is 0.326 e. The average Bonchev–Trinajstić information content (AvgIpc) is 2.67. The Morgan fingerprint density at radius 2 is 1.48 bits per heavy atom. The topological polar surface area (TPSA) is 240 Å². The molecule has 0 saturated heterocycles. The van der Waals surface area contributed by atoms with Crippen LogP contribution in [0.1, 0.15) is 39.5 Å². The summed E-state index contributed by atoms with van der Waals surface area (Å²) in [4.78, 5) is 59.3. The third-order valence-electron chi connectivity index (χ3n) is 4.38. The summed E-state index contributed by atoms with van der Waals surface area (Å²) in [6.45, 7) is 2.85. The number of hydrogen-bond acceptors (Lipinski definition) is 8. The number of rotatable bonds is 15. The minimum Gasteiger partial charge on any atom is -0.480 e. The number of aliphatic carboxylic acids is 1. The zero-order valence-corrected chi connectivity index (χ0v) is 17.8. The normalized spacial score (nSPS) is 14.8. The minimum absolute atomic E-state index is 0.171. The fourth-order valence-corrected chi connectivity index (χ4v) is 2.58. The van der Waals surface area contributed by atoms with E-state index in [1.807, 2.05) is 0 Å². The molecule has 0 fully saturated rings. The third kappa shape index (κ3) is 10.7. The Hall–Kier alpha value is -2.77. The summed E-state index contributed by atoms with van der Waals surface area (Å²) in [5.41, 5.74) is 15.9. The van der Waals surface area contributed by atoms with E-state index in [1.165, 1.54) is 0 Å². The van der Waals surface area contributed by atoms with E-state index in [0.29, 0.717) is 19.4 Å². The van der Waals surface area contributed by atoms with Crippen LogP contribution >= 0.6 is 0 Å². The number of carbonyl (C=O) groups excluding carboxylic acids is 4. The molecule has 0 heterocycles. The first kappa shape index (κ1) is 28.2. The molecule has 0 aliphatic carbocycles. The maximum absolute atomic E-state index is 12.6. The molecule has 0 aliphatic rings. The Morgan fingerprint density at radius 1 is 0.903 bits per heavy atom. The molecule has 0 bridgehead atoms. The molecular formula is C18H34N6O7. The van der Waals surface area contributed by atoms with E-state index in [-0.39, 0.29) is 6.42 Å². The molecule has 4 unspecified atom stereocenters. The Labute approximate surface area is 180 Å². The number of amides is 4. The molecule has 4 amide bonds. The molecule has 11 N–H and O–H groups in total. The van der Waals surface area contributed by atoms with Gasteiger partial charge in [-0.25, -0.2) is 4.79 Å². The summed E-state index contributed by atoms with van der Waals surface area (Å²) in [5.74, 6) is -4.96. The van der Waals surface area contributed by atoms with Crippen molar-refractivity contribution in [2.24, 2.45) is 23.1 Å². The number of unbranched alkanes of at least 4 members (excludes halogenated alkanes) is 1. The molecule has 13 nitrogen and oxygen atoms in total. The summed E-state index contributed by atoms with van der Waals surface area (Å²) in [5, 5.41) is 25.7. The van der Waals surface area contributed by atoms with Gasteiger partial charge in [0, 0.05) is 0 Å². The van der Waals surface area contributed by atoms with Crippen molar-refractivity contribution in [2.75, 3.05) is 13.2 Å². The van der Waals surface area contributed by atoms with Crippen LogP contribution in [0.5, 0.6) is 0 Å². The second-order valence-corrected chi connectivity index (χ2v) is 7.43. The summed E-state index contributed by atoms with van der Waals surface area (Å²) >= 11 is 0. The van der Waals surface area contributed by atoms with Crippen LogP contribution in [0.3, 0.4) is 0 Å². The quantitative estimate of drug-likeness (QED) is 0.116. The van der Waals surface area contributed by atoms with E-state index in [1.54, 1.807) is 13.8 Å². The number of aliphatic hydroxyl groups excluding tert-OH is 1. The smallest absolute Gasteiger partial charge is 0.326 e. The van der Waals surface area contributed by atoms with E-state index in [4.69, 9.17) is 17.2 Å². The van der Waals surface area contributed by atoms with Gasteiger partial charge in [-0.1, -0.05) is 13.8 Å².